The standard InChI is InChI=1S/C17H22ClN3O2/c18-13-8-3-4-9-14(13)20-17(23)21-11-5-10-15(21)16(22)19-12-6-1-2-7-12/h3-4,8-9,12,15H,1-2,5-7,10-11H2,(H,19,22)(H,20,23)/t15-/m0/s1. The number of para-hydroxylation sites is 1. The molecule has 1 aromatic carbocycles. The lowest BCUT2D eigenvalue weighted by Crippen LogP contribution is -2.49. The van der Waals surface area contributed by atoms with E-state index in [4.69, 9.17) is 11.6 Å². The second-order valence-electron chi connectivity index (χ2n) is 6.25. The molecule has 3 rings (SSSR count). The molecule has 1 saturated carbocycles. The Balaban J connectivity index is 1.62. The SMILES string of the molecule is O=C(NC1CCCC1)[C@@H]1CCCN1C(=O)Nc1ccccc1Cl. The maximum atomic E-state index is 12.5. The Morgan fingerprint density at radius 3 is 2.57 bits per heavy atom. The van der Waals surface area contributed by atoms with Gasteiger partial charge in [-0.05, 0) is 37.8 Å². The van der Waals surface area contributed by atoms with E-state index in [0.29, 0.717) is 23.7 Å². The van der Waals surface area contributed by atoms with Gasteiger partial charge in [-0.3, -0.25) is 4.79 Å². The number of nitrogens with zero attached hydrogens (tertiary/aromatic N) is 1. The largest absolute Gasteiger partial charge is 0.352 e. The average Bonchev–Trinajstić information content (AvgIpc) is 3.20. The van der Waals surface area contributed by atoms with Gasteiger partial charge in [0.25, 0.3) is 0 Å². The van der Waals surface area contributed by atoms with Crippen molar-refractivity contribution in [1.29, 1.82) is 0 Å². The van der Waals surface area contributed by atoms with Crippen LogP contribution in [-0.2, 0) is 4.79 Å². The molecule has 1 heterocycles. The molecule has 1 aromatic rings. The summed E-state index contributed by atoms with van der Waals surface area (Å²) in [5.41, 5.74) is 0.570. The summed E-state index contributed by atoms with van der Waals surface area (Å²) < 4.78 is 0. The van der Waals surface area contributed by atoms with Crippen LogP contribution in [0.15, 0.2) is 24.3 Å². The molecule has 1 atom stereocenters. The first kappa shape index (κ1) is 16.1. The van der Waals surface area contributed by atoms with Gasteiger partial charge in [0.15, 0.2) is 0 Å². The number of hydrogen-bond donors (Lipinski definition) is 2. The summed E-state index contributed by atoms with van der Waals surface area (Å²) in [7, 11) is 0. The fraction of sp³-hybridized carbons (Fsp3) is 0.529. The van der Waals surface area contributed by atoms with Crippen LogP contribution in [-0.4, -0.2) is 35.5 Å². The number of carbonyl (C=O) groups is 2. The third kappa shape index (κ3) is 3.78. The Bertz CT molecular complexity index is 587. The number of hydrogen-bond acceptors (Lipinski definition) is 2. The predicted molar refractivity (Wildman–Crippen MR) is 90.6 cm³/mol. The molecule has 124 valence electrons. The molecule has 1 aliphatic carbocycles. The second-order valence-corrected chi connectivity index (χ2v) is 6.66. The van der Waals surface area contributed by atoms with Crippen LogP contribution in [0.2, 0.25) is 5.02 Å². The number of rotatable bonds is 3. The first-order valence-electron chi connectivity index (χ1n) is 8.27. The number of amides is 3. The Morgan fingerprint density at radius 1 is 1.09 bits per heavy atom. The maximum absolute atomic E-state index is 12.5. The lowest BCUT2D eigenvalue weighted by molar-refractivity contribution is -0.125. The first-order chi connectivity index (χ1) is 11.1. The third-order valence-corrected chi connectivity index (χ3v) is 4.96. The molecule has 0 aromatic heterocycles. The van der Waals surface area contributed by atoms with Crippen molar-refractivity contribution in [3.63, 3.8) is 0 Å². The molecular formula is C17H22ClN3O2. The van der Waals surface area contributed by atoms with E-state index >= 15 is 0 Å². The summed E-state index contributed by atoms with van der Waals surface area (Å²) in [5, 5.41) is 6.39. The molecule has 0 radical (unpaired) electrons. The van der Waals surface area contributed by atoms with E-state index in [0.717, 1.165) is 19.3 Å². The van der Waals surface area contributed by atoms with Gasteiger partial charge < -0.3 is 15.5 Å². The number of nitrogens with one attached hydrogen (secondary N) is 2. The molecule has 3 amide bonds. The number of likely N-dealkylation sites (tertiary alicyclic amines) is 1. The van der Waals surface area contributed by atoms with Crippen LogP contribution in [0, 0.1) is 0 Å². The van der Waals surface area contributed by atoms with Crippen molar-refractivity contribution in [3.8, 4) is 0 Å². The van der Waals surface area contributed by atoms with Crippen LogP contribution in [0.1, 0.15) is 38.5 Å². The highest BCUT2D eigenvalue weighted by molar-refractivity contribution is 6.33. The van der Waals surface area contributed by atoms with Gasteiger partial charge in [-0.1, -0.05) is 36.6 Å². The Morgan fingerprint density at radius 2 is 1.83 bits per heavy atom. The van der Waals surface area contributed by atoms with E-state index < -0.39 is 0 Å². The van der Waals surface area contributed by atoms with Crippen molar-refractivity contribution in [2.24, 2.45) is 0 Å². The van der Waals surface area contributed by atoms with Crippen LogP contribution in [0.3, 0.4) is 0 Å². The van der Waals surface area contributed by atoms with Crippen molar-refractivity contribution < 1.29 is 9.59 Å². The van der Waals surface area contributed by atoms with Gasteiger partial charge in [-0.15, -0.1) is 0 Å². The molecule has 2 N–H and O–H groups in total. The quantitative estimate of drug-likeness (QED) is 0.889. The zero-order chi connectivity index (χ0) is 16.2. The maximum Gasteiger partial charge on any atom is 0.322 e. The van der Waals surface area contributed by atoms with Crippen LogP contribution in [0.4, 0.5) is 10.5 Å². The summed E-state index contributed by atoms with van der Waals surface area (Å²) in [5.74, 6) is -0.0243. The zero-order valence-electron chi connectivity index (χ0n) is 13.1. The predicted octanol–water partition coefficient (Wildman–Crippen LogP) is 3.40. The Labute approximate surface area is 141 Å². The molecule has 2 fully saturated rings. The third-order valence-electron chi connectivity index (χ3n) is 4.63. The van der Waals surface area contributed by atoms with E-state index in [9.17, 15) is 9.59 Å². The van der Waals surface area contributed by atoms with E-state index in [1.54, 1.807) is 17.0 Å². The summed E-state index contributed by atoms with van der Waals surface area (Å²) in [6.07, 6.45) is 6.00. The molecule has 23 heavy (non-hydrogen) atoms. The normalized spacial score (nSPS) is 21.4. The highest BCUT2D eigenvalue weighted by atomic mass is 35.5. The van der Waals surface area contributed by atoms with Crippen LogP contribution in [0.5, 0.6) is 0 Å². The van der Waals surface area contributed by atoms with Crippen molar-refractivity contribution in [1.82, 2.24) is 10.2 Å². The van der Waals surface area contributed by atoms with E-state index in [1.165, 1.54) is 12.8 Å². The molecule has 0 bridgehead atoms. The van der Waals surface area contributed by atoms with Gasteiger partial charge in [-0.2, -0.15) is 0 Å². The average molecular weight is 336 g/mol. The fourth-order valence-electron chi connectivity index (χ4n) is 3.40. The van der Waals surface area contributed by atoms with Gasteiger partial charge in [-0.25, -0.2) is 4.79 Å². The summed E-state index contributed by atoms with van der Waals surface area (Å²) >= 11 is 6.07. The Hall–Kier alpha value is -1.75. The van der Waals surface area contributed by atoms with Crippen LogP contribution < -0.4 is 10.6 Å². The number of urea groups is 1. The topological polar surface area (TPSA) is 61.4 Å². The molecule has 1 saturated heterocycles. The van der Waals surface area contributed by atoms with Gasteiger partial charge in [0.2, 0.25) is 5.91 Å². The second kappa shape index (κ2) is 7.21. The first-order valence-corrected chi connectivity index (χ1v) is 8.65. The summed E-state index contributed by atoms with van der Waals surface area (Å²) in [6.45, 7) is 0.596. The van der Waals surface area contributed by atoms with E-state index in [2.05, 4.69) is 10.6 Å². The highest BCUT2D eigenvalue weighted by Crippen LogP contribution is 2.24. The van der Waals surface area contributed by atoms with Crippen molar-refractivity contribution in [2.45, 2.75) is 50.6 Å². The smallest absolute Gasteiger partial charge is 0.322 e. The van der Waals surface area contributed by atoms with Crippen LogP contribution in [0.25, 0.3) is 0 Å². The minimum Gasteiger partial charge on any atom is -0.352 e. The summed E-state index contributed by atoms with van der Waals surface area (Å²) in [6, 6.07) is 6.74. The number of halogens is 1. The van der Waals surface area contributed by atoms with E-state index in [1.807, 2.05) is 12.1 Å². The monoisotopic (exact) mass is 335 g/mol. The van der Waals surface area contributed by atoms with Gasteiger partial charge in [0.1, 0.15) is 6.04 Å². The molecule has 0 unspecified atom stereocenters. The van der Waals surface area contributed by atoms with E-state index in [-0.39, 0.29) is 24.0 Å². The Kier molecular flexibility index (Phi) is 5.06. The summed E-state index contributed by atoms with van der Waals surface area (Å²) in [4.78, 5) is 26.6. The van der Waals surface area contributed by atoms with Crippen molar-refractivity contribution in [3.05, 3.63) is 29.3 Å². The van der Waals surface area contributed by atoms with Crippen molar-refractivity contribution >= 4 is 29.2 Å². The fourth-order valence-corrected chi connectivity index (χ4v) is 3.58. The number of benzene rings is 1. The highest BCUT2D eigenvalue weighted by Gasteiger charge is 2.35. The molecule has 1 aliphatic heterocycles. The van der Waals surface area contributed by atoms with Crippen molar-refractivity contribution in [2.75, 3.05) is 11.9 Å². The minimum absolute atomic E-state index is 0.0243. The number of anilines is 1. The minimum atomic E-state index is -0.377. The molecule has 2 aliphatic rings. The number of carbonyl (C=O) groups excluding carboxylic acids is 2. The zero-order valence-corrected chi connectivity index (χ0v) is 13.8. The lowest BCUT2D eigenvalue weighted by Gasteiger charge is -2.25. The van der Waals surface area contributed by atoms with Gasteiger partial charge in [0, 0.05) is 12.6 Å². The van der Waals surface area contributed by atoms with Gasteiger partial charge in [0.05, 0.1) is 10.7 Å². The molecular weight excluding hydrogens is 314 g/mol. The lowest BCUT2D eigenvalue weighted by atomic mass is 10.1. The molecule has 6 heteroatoms. The molecule has 5 nitrogen and oxygen atoms in total. The molecule has 0 spiro atoms. The van der Waals surface area contributed by atoms with Crippen LogP contribution >= 0.6 is 11.6 Å². The van der Waals surface area contributed by atoms with Gasteiger partial charge >= 0.3 is 6.03 Å².